The molecule has 0 fully saturated rings. The lowest BCUT2D eigenvalue weighted by Gasteiger charge is -2.12. The van der Waals surface area contributed by atoms with Crippen LogP contribution in [0.1, 0.15) is 12.5 Å². The Balaban J connectivity index is 1.60. The van der Waals surface area contributed by atoms with Crippen molar-refractivity contribution in [1.29, 1.82) is 0 Å². The van der Waals surface area contributed by atoms with Crippen LogP contribution >= 0.6 is 0 Å². The minimum Gasteiger partial charge on any atom is -0.497 e. The minimum absolute atomic E-state index is 0.120. The van der Waals surface area contributed by atoms with Gasteiger partial charge in [0, 0.05) is 24.2 Å². The highest BCUT2D eigenvalue weighted by Gasteiger charge is 2.26. The molecule has 4 aromatic carbocycles. The minimum atomic E-state index is -0.485. The fourth-order valence-corrected chi connectivity index (χ4v) is 4.53. The average Bonchev–Trinajstić information content (AvgIpc) is 3.36. The van der Waals surface area contributed by atoms with Gasteiger partial charge in [-0.2, -0.15) is 9.78 Å². The summed E-state index contributed by atoms with van der Waals surface area (Å²) in [6.45, 7) is 1.35. The third-order valence-corrected chi connectivity index (χ3v) is 6.41. The van der Waals surface area contributed by atoms with Crippen molar-refractivity contribution in [2.45, 2.75) is 13.3 Å². The van der Waals surface area contributed by atoms with Crippen molar-refractivity contribution in [3.8, 4) is 45.5 Å². The first kappa shape index (κ1) is 27.2. The second kappa shape index (κ2) is 12.2. The van der Waals surface area contributed by atoms with Crippen LogP contribution in [0.2, 0.25) is 0 Å². The molecule has 1 heterocycles. The highest BCUT2D eigenvalue weighted by atomic mass is 16.5. The predicted molar refractivity (Wildman–Crippen MR) is 158 cm³/mol. The number of para-hydroxylation sites is 1. The van der Waals surface area contributed by atoms with Crippen molar-refractivity contribution in [3.63, 3.8) is 0 Å². The monoisotopic (exact) mass is 547 g/mol. The summed E-state index contributed by atoms with van der Waals surface area (Å²) in [6.07, 6.45) is 0.268. The van der Waals surface area contributed by atoms with Crippen LogP contribution in [0.25, 0.3) is 28.1 Å². The lowest BCUT2D eigenvalue weighted by atomic mass is 10.00. The molecule has 1 aromatic heterocycles. The maximum absolute atomic E-state index is 12.6. The van der Waals surface area contributed by atoms with Crippen LogP contribution in [0.5, 0.6) is 17.4 Å². The maximum atomic E-state index is 12.6. The van der Waals surface area contributed by atoms with E-state index in [1.54, 1.807) is 25.0 Å². The summed E-state index contributed by atoms with van der Waals surface area (Å²) in [7, 11) is 3.16. The summed E-state index contributed by atoms with van der Waals surface area (Å²) in [5, 5.41) is 7.86. The van der Waals surface area contributed by atoms with Crippen molar-refractivity contribution in [1.82, 2.24) is 9.78 Å². The Hall–Kier alpha value is -5.37. The van der Waals surface area contributed by atoms with Gasteiger partial charge in [0.1, 0.15) is 17.2 Å². The van der Waals surface area contributed by atoms with Gasteiger partial charge in [-0.05, 0) is 47.5 Å². The molecule has 1 amide bonds. The highest BCUT2D eigenvalue weighted by Crippen LogP contribution is 2.44. The molecule has 206 valence electrons. The Morgan fingerprint density at radius 1 is 0.829 bits per heavy atom. The van der Waals surface area contributed by atoms with Crippen LogP contribution in [0.3, 0.4) is 0 Å². The van der Waals surface area contributed by atoms with E-state index in [1.165, 1.54) is 6.92 Å². The Morgan fingerprint density at radius 3 is 2.15 bits per heavy atom. The number of hydrogen-bond donors (Lipinski definition) is 1. The summed E-state index contributed by atoms with van der Waals surface area (Å²) >= 11 is 0. The van der Waals surface area contributed by atoms with Gasteiger partial charge in [-0.3, -0.25) is 9.59 Å². The largest absolute Gasteiger partial charge is 0.497 e. The lowest BCUT2D eigenvalue weighted by molar-refractivity contribution is -0.132. The first-order valence-corrected chi connectivity index (χ1v) is 13.0. The molecule has 0 saturated carbocycles. The number of hydrogen-bond acceptors (Lipinski definition) is 6. The molecule has 1 N–H and O–H groups in total. The zero-order valence-corrected chi connectivity index (χ0v) is 23.0. The van der Waals surface area contributed by atoms with Gasteiger partial charge in [0.25, 0.3) is 0 Å². The van der Waals surface area contributed by atoms with Crippen molar-refractivity contribution in [2.75, 3.05) is 19.5 Å². The molecule has 5 aromatic rings. The third-order valence-electron chi connectivity index (χ3n) is 6.41. The number of rotatable bonds is 9. The first-order chi connectivity index (χ1) is 20.0. The van der Waals surface area contributed by atoms with E-state index >= 15 is 0 Å². The molecule has 0 spiro atoms. The maximum Gasteiger partial charge on any atom is 0.309 e. The molecule has 0 aliphatic heterocycles. The molecule has 0 unspecified atom stereocenters. The van der Waals surface area contributed by atoms with Gasteiger partial charge in [-0.1, -0.05) is 60.7 Å². The van der Waals surface area contributed by atoms with Gasteiger partial charge in [0.05, 0.1) is 31.9 Å². The molecule has 5 rings (SSSR count). The number of methoxy groups -OCH3 is 2. The number of anilines is 1. The number of carbonyl (C=O) groups excluding carboxylic acids is 2. The Kier molecular flexibility index (Phi) is 8.10. The van der Waals surface area contributed by atoms with Crippen LogP contribution in [-0.2, 0) is 16.0 Å². The van der Waals surface area contributed by atoms with Gasteiger partial charge in [0.15, 0.2) is 0 Å². The van der Waals surface area contributed by atoms with Crippen LogP contribution in [0, 0.1) is 0 Å². The summed E-state index contributed by atoms with van der Waals surface area (Å²) in [5.74, 6) is 0.830. The molecule has 0 bridgehead atoms. The number of benzene rings is 4. The summed E-state index contributed by atoms with van der Waals surface area (Å²) in [6, 6.07) is 31.8. The number of nitrogens with zero attached hydrogens (tertiary/aromatic N) is 2. The zero-order valence-electron chi connectivity index (χ0n) is 23.0. The average molecular weight is 548 g/mol. The normalized spacial score (nSPS) is 10.6. The Labute approximate surface area is 238 Å². The van der Waals surface area contributed by atoms with E-state index in [1.807, 2.05) is 97.1 Å². The molecular weight excluding hydrogens is 518 g/mol. The number of carbonyl (C=O) groups is 2. The summed E-state index contributed by atoms with van der Waals surface area (Å²) in [4.78, 5) is 24.9. The highest BCUT2D eigenvalue weighted by molar-refractivity contribution is 5.93. The molecule has 0 aliphatic rings. The molecule has 0 radical (unpaired) electrons. The molecule has 0 aliphatic carbocycles. The van der Waals surface area contributed by atoms with Gasteiger partial charge in [-0.25, -0.2) is 0 Å². The van der Waals surface area contributed by atoms with E-state index in [2.05, 4.69) is 5.32 Å². The number of amides is 1. The van der Waals surface area contributed by atoms with E-state index in [4.69, 9.17) is 19.3 Å². The van der Waals surface area contributed by atoms with E-state index < -0.39 is 5.97 Å². The molecule has 0 saturated heterocycles. The number of aromatic nitrogens is 2. The fraction of sp³-hybridized carbons (Fsp3) is 0.121. The second-order valence-electron chi connectivity index (χ2n) is 9.22. The van der Waals surface area contributed by atoms with Gasteiger partial charge < -0.3 is 19.5 Å². The molecule has 0 atom stereocenters. The molecule has 41 heavy (non-hydrogen) atoms. The first-order valence-electron chi connectivity index (χ1n) is 13.0. The smallest absolute Gasteiger partial charge is 0.309 e. The fourth-order valence-electron chi connectivity index (χ4n) is 4.53. The lowest BCUT2D eigenvalue weighted by Crippen LogP contribution is -2.14. The summed E-state index contributed by atoms with van der Waals surface area (Å²) < 4.78 is 18.5. The molecular formula is C33H29N3O5. The topological polar surface area (TPSA) is 91.7 Å². The van der Waals surface area contributed by atoms with Gasteiger partial charge >= 0.3 is 5.97 Å². The molecule has 8 nitrogen and oxygen atoms in total. The van der Waals surface area contributed by atoms with Crippen molar-refractivity contribution in [2.24, 2.45) is 0 Å². The van der Waals surface area contributed by atoms with E-state index in [9.17, 15) is 9.59 Å². The molecule has 8 heteroatoms. The van der Waals surface area contributed by atoms with E-state index in [0.717, 1.165) is 11.1 Å². The van der Waals surface area contributed by atoms with E-state index in [0.29, 0.717) is 39.7 Å². The Bertz CT molecular complexity index is 1660. The number of ether oxygens (including phenoxy) is 3. The third kappa shape index (κ3) is 6.12. The quantitative estimate of drug-likeness (QED) is 0.217. The van der Waals surface area contributed by atoms with Crippen LogP contribution < -0.4 is 19.5 Å². The van der Waals surface area contributed by atoms with Crippen molar-refractivity contribution < 1.29 is 23.8 Å². The standard InChI is InChI=1S/C33H29N3O5/c1-22(37)41-33-31(24-14-16-25(17-15-24)34-30(38)20-23-10-6-4-7-11-23)32(35-36(33)26-12-8-5-9-13-26)28-19-18-27(39-2)21-29(28)40-3/h4-19,21H,20H2,1-3H3,(H,34,38). The van der Waals surface area contributed by atoms with Gasteiger partial charge in [-0.15, -0.1) is 0 Å². The van der Waals surface area contributed by atoms with E-state index in [-0.39, 0.29) is 18.2 Å². The van der Waals surface area contributed by atoms with Crippen LogP contribution in [-0.4, -0.2) is 35.9 Å². The number of esters is 1. The number of nitrogens with one attached hydrogen (secondary N) is 1. The predicted octanol–water partition coefficient (Wildman–Crippen LogP) is 6.33. The van der Waals surface area contributed by atoms with Gasteiger partial charge in [0.2, 0.25) is 11.8 Å². The summed E-state index contributed by atoms with van der Waals surface area (Å²) in [5.41, 5.74) is 4.85. The Morgan fingerprint density at radius 2 is 1.51 bits per heavy atom. The zero-order chi connectivity index (χ0) is 28.8. The SMILES string of the molecule is COc1ccc(-c2nn(-c3ccccc3)c(OC(C)=O)c2-c2ccc(NC(=O)Cc3ccccc3)cc2)c(OC)c1. The van der Waals surface area contributed by atoms with Crippen molar-refractivity contribution in [3.05, 3.63) is 109 Å². The van der Waals surface area contributed by atoms with Crippen molar-refractivity contribution >= 4 is 17.6 Å². The van der Waals surface area contributed by atoms with Crippen LogP contribution in [0.15, 0.2) is 103 Å². The second-order valence-corrected chi connectivity index (χ2v) is 9.22. The van der Waals surface area contributed by atoms with Crippen LogP contribution in [0.4, 0.5) is 5.69 Å².